The van der Waals surface area contributed by atoms with Gasteiger partial charge in [0.1, 0.15) is 5.76 Å². The minimum atomic E-state index is 0.433. The summed E-state index contributed by atoms with van der Waals surface area (Å²) in [5.74, 6) is 0.863. The molecule has 0 saturated carbocycles. The van der Waals surface area contributed by atoms with Crippen LogP contribution < -0.4 is 11.1 Å². The molecule has 2 saturated heterocycles. The second-order valence-electron chi connectivity index (χ2n) is 6.38. The number of allylic oxidation sites excluding steroid dienone is 3. The maximum Gasteiger partial charge on any atom is 0.139 e. The van der Waals surface area contributed by atoms with Crippen LogP contribution in [0.1, 0.15) is 44.9 Å². The Labute approximate surface area is 122 Å². The molecule has 1 spiro atoms. The van der Waals surface area contributed by atoms with Crippen molar-refractivity contribution in [3.05, 3.63) is 23.2 Å². The summed E-state index contributed by atoms with van der Waals surface area (Å²) in [4.78, 5) is 2.53. The van der Waals surface area contributed by atoms with Crippen LogP contribution in [-0.4, -0.2) is 37.2 Å². The molecule has 0 amide bonds. The summed E-state index contributed by atoms with van der Waals surface area (Å²) in [5.41, 5.74) is 8.70. The molecule has 4 heteroatoms. The fraction of sp³-hybridized carbons (Fsp3) is 0.750. The van der Waals surface area contributed by atoms with Gasteiger partial charge in [-0.1, -0.05) is 6.42 Å². The average molecular weight is 277 g/mol. The Morgan fingerprint density at radius 1 is 1.20 bits per heavy atom. The van der Waals surface area contributed by atoms with Gasteiger partial charge in [0.15, 0.2) is 0 Å². The predicted octanol–water partition coefficient (Wildman–Crippen LogP) is 2.09. The molecule has 2 heterocycles. The first kappa shape index (κ1) is 13.8. The molecular weight excluding hydrogens is 250 g/mol. The Hall–Kier alpha value is -1.16. The zero-order valence-corrected chi connectivity index (χ0v) is 12.6. The molecule has 0 bridgehead atoms. The zero-order valence-electron chi connectivity index (χ0n) is 12.6. The van der Waals surface area contributed by atoms with E-state index >= 15 is 0 Å². The number of hydrogen-bond acceptors (Lipinski definition) is 4. The largest absolute Gasteiger partial charge is 0.495 e. The van der Waals surface area contributed by atoms with Crippen molar-refractivity contribution in [1.29, 1.82) is 0 Å². The molecule has 0 atom stereocenters. The quantitative estimate of drug-likeness (QED) is 0.811. The van der Waals surface area contributed by atoms with Crippen molar-refractivity contribution in [2.24, 2.45) is 5.73 Å². The Morgan fingerprint density at radius 2 is 2.00 bits per heavy atom. The van der Waals surface area contributed by atoms with E-state index in [2.05, 4.69) is 16.3 Å². The molecule has 1 aliphatic carbocycles. The van der Waals surface area contributed by atoms with Crippen LogP contribution in [0.25, 0.3) is 0 Å². The van der Waals surface area contributed by atoms with Gasteiger partial charge in [-0.3, -0.25) is 0 Å². The molecule has 3 aliphatic rings. The summed E-state index contributed by atoms with van der Waals surface area (Å²) in [5, 5.41) is 3.78. The van der Waals surface area contributed by atoms with Gasteiger partial charge in [-0.2, -0.15) is 0 Å². The SMILES string of the molecule is COC1=C(N)CCC(N2CCC3(CCCCN3)CC2)=C1. The van der Waals surface area contributed by atoms with Crippen molar-refractivity contribution >= 4 is 0 Å². The van der Waals surface area contributed by atoms with E-state index in [1.165, 1.54) is 44.3 Å². The van der Waals surface area contributed by atoms with E-state index in [9.17, 15) is 0 Å². The van der Waals surface area contributed by atoms with Crippen LogP contribution in [0.3, 0.4) is 0 Å². The summed E-state index contributed by atoms with van der Waals surface area (Å²) in [6.07, 6.45) is 10.8. The van der Waals surface area contributed by atoms with Crippen LogP contribution in [0.4, 0.5) is 0 Å². The number of nitrogens with zero attached hydrogens (tertiary/aromatic N) is 1. The highest BCUT2D eigenvalue weighted by Crippen LogP contribution is 2.33. The van der Waals surface area contributed by atoms with E-state index in [0.29, 0.717) is 5.54 Å². The van der Waals surface area contributed by atoms with E-state index in [1.807, 2.05) is 0 Å². The highest BCUT2D eigenvalue weighted by atomic mass is 16.5. The van der Waals surface area contributed by atoms with Crippen molar-refractivity contribution in [3.63, 3.8) is 0 Å². The lowest BCUT2D eigenvalue weighted by Gasteiger charge is -2.46. The monoisotopic (exact) mass is 277 g/mol. The summed E-state index contributed by atoms with van der Waals surface area (Å²) < 4.78 is 5.37. The molecule has 0 aromatic carbocycles. The summed E-state index contributed by atoms with van der Waals surface area (Å²) >= 11 is 0. The fourth-order valence-electron chi connectivity index (χ4n) is 3.82. The fourth-order valence-corrected chi connectivity index (χ4v) is 3.82. The molecule has 2 fully saturated rings. The maximum absolute atomic E-state index is 5.97. The van der Waals surface area contributed by atoms with Gasteiger partial charge in [0.05, 0.1) is 12.8 Å². The standard InChI is InChI=1S/C16H27N3O/c1-20-15-12-13(4-5-14(15)17)19-10-7-16(8-11-19)6-2-3-9-18-16/h12,18H,2-11,17H2,1H3. The van der Waals surface area contributed by atoms with Crippen molar-refractivity contribution in [1.82, 2.24) is 10.2 Å². The lowest BCUT2D eigenvalue weighted by atomic mass is 9.80. The van der Waals surface area contributed by atoms with E-state index < -0.39 is 0 Å². The molecule has 112 valence electrons. The van der Waals surface area contributed by atoms with Gasteiger partial charge < -0.3 is 20.7 Å². The van der Waals surface area contributed by atoms with Crippen LogP contribution in [0.5, 0.6) is 0 Å². The maximum atomic E-state index is 5.97. The van der Waals surface area contributed by atoms with Crippen LogP contribution in [-0.2, 0) is 4.74 Å². The number of ether oxygens (including phenoxy) is 1. The van der Waals surface area contributed by atoms with E-state index in [-0.39, 0.29) is 0 Å². The highest BCUT2D eigenvalue weighted by Gasteiger charge is 2.35. The van der Waals surface area contributed by atoms with Gasteiger partial charge in [0.25, 0.3) is 0 Å². The third-order valence-corrected chi connectivity index (χ3v) is 5.19. The van der Waals surface area contributed by atoms with Gasteiger partial charge in [-0.15, -0.1) is 0 Å². The second-order valence-corrected chi connectivity index (χ2v) is 6.38. The minimum absolute atomic E-state index is 0.433. The van der Waals surface area contributed by atoms with Crippen LogP contribution in [0, 0.1) is 0 Å². The summed E-state index contributed by atoms with van der Waals surface area (Å²) in [7, 11) is 1.71. The number of methoxy groups -OCH3 is 1. The molecule has 3 N–H and O–H groups in total. The first-order chi connectivity index (χ1) is 9.72. The molecular formula is C16H27N3O. The zero-order chi connectivity index (χ0) is 14.0. The van der Waals surface area contributed by atoms with Crippen LogP contribution in [0.15, 0.2) is 23.2 Å². The lowest BCUT2D eigenvalue weighted by molar-refractivity contribution is 0.130. The predicted molar refractivity (Wildman–Crippen MR) is 80.9 cm³/mol. The Morgan fingerprint density at radius 3 is 2.65 bits per heavy atom. The van der Waals surface area contributed by atoms with Crippen molar-refractivity contribution in [2.75, 3.05) is 26.7 Å². The lowest BCUT2D eigenvalue weighted by Crippen LogP contribution is -2.55. The molecule has 20 heavy (non-hydrogen) atoms. The minimum Gasteiger partial charge on any atom is -0.495 e. The van der Waals surface area contributed by atoms with Gasteiger partial charge >= 0.3 is 0 Å². The Balaban J connectivity index is 1.63. The third kappa shape index (κ3) is 2.66. The van der Waals surface area contributed by atoms with Gasteiger partial charge in [0, 0.05) is 30.4 Å². The first-order valence-corrected chi connectivity index (χ1v) is 7.96. The number of piperidine rings is 2. The number of rotatable bonds is 2. The number of hydrogen-bond donors (Lipinski definition) is 2. The van der Waals surface area contributed by atoms with Crippen molar-refractivity contribution in [3.8, 4) is 0 Å². The van der Waals surface area contributed by atoms with Gasteiger partial charge in [-0.25, -0.2) is 0 Å². The van der Waals surface area contributed by atoms with Crippen LogP contribution >= 0.6 is 0 Å². The van der Waals surface area contributed by atoms with E-state index in [1.54, 1.807) is 7.11 Å². The van der Waals surface area contributed by atoms with Gasteiger partial charge in [0.2, 0.25) is 0 Å². The van der Waals surface area contributed by atoms with Crippen LogP contribution in [0.2, 0.25) is 0 Å². The third-order valence-electron chi connectivity index (χ3n) is 5.19. The summed E-state index contributed by atoms with van der Waals surface area (Å²) in [6, 6.07) is 0. The van der Waals surface area contributed by atoms with E-state index in [4.69, 9.17) is 10.5 Å². The molecule has 0 radical (unpaired) electrons. The van der Waals surface area contributed by atoms with Gasteiger partial charge in [-0.05, 0) is 45.1 Å². The number of likely N-dealkylation sites (tertiary alicyclic amines) is 1. The molecule has 4 nitrogen and oxygen atoms in total. The van der Waals surface area contributed by atoms with Crippen molar-refractivity contribution in [2.45, 2.75) is 50.5 Å². The molecule has 3 rings (SSSR count). The van der Waals surface area contributed by atoms with E-state index in [0.717, 1.165) is 37.4 Å². The molecule has 0 aromatic rings. The summed E-state index contributed by atoms with van der Waals surface area (Å²) in [6.45, 7) is 3.53. The first-order valence-electron chi connectivity index (χ1n) is 7.96. The second kappa shape index (κ2) is 5.68. The molecule has 0 aromatic heterocycles. The Kier molecular flexibility index (Phi) is 3.92. The molecule has 2 aliphatic heterocycles. The highest BCUT2D eigenvalue weighted by molar-refractivity contribution is 5.28. The topological polar surface area (TPSA) is 50.5 Å². The normalized spacial score (nSPS) is 26.6. The van der Waals surface area contributed by atoms with Crippen molar-refractivity contribution < 1.29 is 4.74 Å². The number of nitrogens with two attached hydrogens (primary N) is 1. The Bertz CT molecular complexity index is 411. The average Bonchev–Trinajstić information content (AvgIpc) is 2.50. The molecule has 0 unspecified atom stereocenters. The number of nitrogens with one attached hydrogen (secondary N) is 1. The smallest absolute Gasteiger partial charge is 0.139 e.